The van der Waals surface area contributed by atoms with Crippen LogP contribution < -0.4 is 0 Å². The fourth-order valence-electron chi connectivity index (χ4n) is 2.47. The van der Waals surface area contributed by atoms with Gasteiger partial charge in [-0.15, -0.1) is 0 Å². The molecule has 2 bridgehead atoms. The van der Waals surface area contributed by atoms with E-state index in [1.165, 1.54) is 12.8 Å². The van der Waals surface area contributed by atoms with Crippen LogP contribution in [0, 0.1) is 17.8 Å². The minimum Gasteiger partial charge on any atom is -0.381 e. The maximum atomic E-state index is 5.59. The van der Waals surface area contributed by atoms with E-state index in [4.69, 9.17) is 4.74 Å². The lowest BCUT2D eigenvalue weighted by molar-refractivity contribution is 0.0912. The van der Waals surface area contributed by atoms with Crippen LogP contribution in [0.3, 0.4) is 0 Å². The highest BCUT2D eigenvalue weighted by molar-refractivity contribution is 5.09. The Morgan fingerprint density at radius 2 is 2.25 bits per heavy atom. The maximum absolute atomic E-state index is 5.59. The van der Waals surface area contributed by atoms with Crippen LogP contribution in [-0.4, -0.2) is 13.2 Å². The van der Waals surface area contributed by atoms with Crippen LogP contribution in [0.25, 0.3) is 0 Å². The molecule has 0 radical (unpaired) electrons. The van der Waals surface area contributed by atoms with Crippen molar-refractivity contribution in [2.24, 2.45) is 17.8 Å². The third-order valence-corrected chi connectivity index (χ3v) is 3.10. The Balaban J connectivity index is 1.73. The highest BCUT2D eigenvalue weighted by atomic mass is 16.5. The van der Waals surface area contributed by atoms with E-state index >= 15 is 0 Å². The highest BCUT2D eigenvalue weighted by Crippen LogP contribution is 2.43. The average Bonchev–Trinajstić information content (AvgIpc) is 2.65. The normalized spacial score (nSPS) is 37.9. The molecule has 12 heavy (non-hydrogen) atoms. The quantitative estimate of drug-likeness (QED) is 0.461. The van der Waals surface area contributed by atoms with Crippen molar-refractivity contribution in [3.8, 4) is 0 Å². The zero-order chi connectivity index (χ0) is 8.39. The molecule has 2 aliphatic carbocycles. The molecule has 0 spiro atoms. The molecule has 1 saturated carbocycles. The number of hydrogen-bond donors (Lipinski definition) is 0. The lowest BCUT2D eigenvalue weighted by Gasteiger charge is -2.17. The Morgan fingerprint density at radius 1 is 1.33 bits per heavy atom. The summed E-state index contributed by atoms with van der Waals surface area (Å²) in [6, 6.07) is 0. The van der Waals surface area contributed by atoms with Crippen molar-refractivity contribution >= 4 is 0 Å². The number of hydrogen-bond acceptors (Lipinski definition) is 1. The van der Waals surface area contributed by atoms with Gasteiger partial charge in [0.25, 0.3) is 0 Å². The fraction of sp³-hybridized carbons (Fsp3) is 0.818. The van der Waals surface area contributed by atoms with Crippen LogP contribution >= 0.6 is 0 Å². The molecule has 2 rings (SSSR count). The number of rotatable bonds is 4. The average molecular weight is 166 g/mol. The molecule has 0 heterocycles. The topological polar surface area (TPSA) is 9.23 Å². The van der Waals surface area contributed by atoms with E-state index in [2.05, 4.69) is 19.1 Å². The molecule has 1 fully saturated rings. The first-order valence-corrected chi connectivity index (χ1v) is 5.16. The second kappa shape index (κ2) is 3.61. The molecule has 0 aromatic rings. The molecule has 2 aliphatic rings. The summed E-state index contributed by atoms with van der Waals surface area (Å²) >= 11 is 0. The lowest BCUT2D eigenvalue weighted by atomic mass is 9.95. The summed E-state index contributed by atoms with van der Waals surface area (Å²) in [6.07, 6.45) is 8.72. The van der Waals surface area contributed by atoms with Crippen molar-refractivity contribution in [3.63, 3.8) is 0 Å². The molecule has 1 nitrogen and oxygen atoms in total. The van der Waals surface area contributed by atoms with Gasteiger partial charge in [-0.3, -0.25) is 0 Å². The van der Waals surface area contributed by atoms with Gasteiger partial charge in [-0.25, -0.2) is 0 Å². The van der Waals surface area contributed by atoms with E-state index in [1.54, 1.807) is 0 Å². The van der Waals surface area contributed by atoms with Crippen molar-refractivity contribution in [1.82, 2.24) is 0 Å². The standard InChI is InChI=1S/C11H18O/c1-2-5-12-8-11-7-9-3-4-10(11)6-9/h3-4,9-11H,2,5-8H2,1H3. The monoisotopic (exact) mass is 166 g/mol. The first-order valence-electron chi connectivity index (χ1n) is 5.16. The van der Waals surface area contributed by atoms with Crippen molar-refractivity contribution in [1.29, 1.82) is 0 Å². The Bertz CT molecular complexity index is 174. The van der Waals surface area contributed by atoms with Gasteiger partial charge in [0.05, 0.1) is 0 Å². The van der Waals surface area contributed by atoms with E-state index in [-0.39, 0.29) is 0 Å². The summed E-state index contributed by atoms with van der Waals surface area (Å²) in [5.74, 6) is 2.59. The molecule has 0 aliphatic heterocycles. The van der Waals surface area contributed by atoms with E-state index in [0.717, 1.165) is 37.4 Å². The van der Waals surface area contributed by atoms with E-state index < -0.39 is 0 Å². The van der Waals surface area contributed by atoms with Crippen LogP contribution in [0.2, 0.25) is 0 Å². The van der Waals surface area contributed by atoms with Crippen molar-refractivity contribution in [3.05, 3.63) is 12.2 Å². The number of fused-ring (bicyclic) bond motifs is 2. The molecular formula is C11H18O. The maximum Gasteiger partial charge on any atom is 0.0500 e. The predicted molar refractivity (Wildman–Crippen MR) is 50.0 cm³/mol. The van der Waals surface area contributed by atoms with Crippen molar-refractivity contribution in [2.45, 2.75) is 26.2 Å². The number of ether oxygens (including phenoxy) is 1. The van der Waals surface area contributed by atoms with Gasteiger partial charge in [-0.05, 0) is 37.0 Å². The first kappa shape index (κ1) is 8.31. The fourth-order valence-corrected chi connectivity index (χ4v) is 2.47. The summed E-state index contributed by atoms with van der Waals surface area (Å²) in [5.41, 5.74) is 0. The lowest BCUT2D eigenvalue weighted by Crippen LogP contribution is -2.14. The van der Waals surface area contributed by atoms with E-state index in [1.807, 2.05) is 0 Å². The third kappa shape index (κ3) is 1.56. The van der Waals surface area contributed by atoms with Gasteiger partial charge in [0, 0.05) is 13.2 Å². The van der Waals surface area contributed by atoms with Crippen LogP contribution in [0.1, 0.15) is 26.2 Å². The highest BCUT2D eigenvalue weighted by Gasteiger charge is 2.35. The third-order valence-electron chi connectivity index (χ3n) is 3.10. The summed E-state index contributed by atoms with van der Waals surface area (Å²) in [6.45, 7) is 4.11. The molecule has 68 valence electrons. The largest absolute Gasteiger partial charge is 0.381 e. The van der Waals surface area contributed by atoms with Gasteiger partial charge in [-0.1, -0.05) is 19.1 Å². The molecule has 1 heteroatoms. The Hall–Kier alpha value is -0.300. The van der Waals surface area contributed by atoms with E-state index in [9.17, 15) is 0 Å². The zero-order valence-electron chi connectivity index (χ0n) is 7.83. The molecule has 0 saturated heterocycles. The van der Waals surface area contributed by atoms with Gasteiger partial charge in [0.1, 0.15) is 0 Å². The molecular weight excluding hydrogens is 148 g/mol. The van der Waals surface area contributed by atoms with Gasteiger partial charge in [0.15, 0.2) is 0 Å². The zero-order valence-corrected chi connectivity index (χ0v) is 7.83. The SMILES string of the molecule is CCCOCC1CC2C=CC1C2. The number of allylic oxidation sites excluding steroid dienone is 2. The summed E-state index contributed by atoms with van der Waals surface area (Å²) in [4.78, 5) is 0. The Labute approximate surface area is 74.8 Å². The molecule has 3 unspecified atom stereocenters. The van der Waals surface area contributed by atoms with Gasteiger partial charge in [0.2, 0.25) is 0 Å². The summed E-state index contributed by atoms with van der Waals surface area (Å²) in [7, 11) is 0. The second-order valence-corrected chi connectivity index (χ2v) is 4.12. The second-order valence-electron chi connectivity index (χ2n) is 4.12. The molecule has 0 N–H and O–H groups in total. The summed E-state index contributed by atoms with van der Waals surface area (Å²) < 4.78 is 5.59. The van der Waals surface area contributed by atoms with Crippen LogP contribution in [0.5, 0.6) is 0 Å². The van der Waals surface area contributed by atoms with Crippen molar-refractivity contribution < 1.29 is 4.74 Å². The molecule has 3 atom stereocenters. The molecule has 0 amide bonds. The van der Waals surface area contributed by atoms with Gasteiger partial charge >= 0.3 is 0 Å². The minimum atomic E-state index is 0.839. The smallest absolute Gasteiger partial charge is 0.0500 e. The predicted octanol–water partition coefficient (Wildman–Crippen LogP) is 2.63. The van der Waals surface area contributed by atoms with E-state index in [0.29, 0.717) is 0 Å². The Kier molecular flexibility index (Phi) is 2.50. The first-order chi connectivity index (χ1) is 5.90. The van der Waals surface area contributed by atoms with Gasteiger partial charge < -0.3 is 4.74 Å². The summed E-state index contributed by atoms with van der Waals surface area (Å²) in [5, 5.41) is 0. The van der Waals surface area contributed by atoms with Crippen molar-refractivity contribution in [2.75, 3.05) is 13.2 Å². The van der Waals surface area contributed by atoms with Crippen LogP contribution in [0.15, 0.2) is 12.2 Å². The van der Waals surface area contributed by atoms with Gasteiger partial charge in [-0.2, -0.15) is 0 Å². The van der Waals surface area contributed by atoms with Crippen LogP contribution in [0.4, 0.5) is 0 Å². The molecule has 0 aromatic carbocycles. The Morgan fingerprint density at radius 3 is 2.83 bits per heavy atom. The minimum absolute atomic E-state index is 0.839. The van der Waals surface area contributed by atoms with Crippen LogP contribution in [-0.2, 0) is 4.74 Å². The molecule has 0 aromatic heterocycles.